The van der Waals surface area contributed by atoms with Crippen molar-refractivity contribution in [1.29, 1.82) is 0 Å². The number of nitrogens with one attached hydrogen (secondary N) is 3. The number of anilines is 1. The maximum absolute atomic E-state index is 11.3. The summed E-state index contributed by atoms with van der Waals surface area (Å²) >= 11 is 0. The van der Waals surface area contributed by atoms with Crippen LogP contribution < -0.4 is 16.2 Å². The average molecular weight is 177 g/mol. The number of benzene rings is 1. The van der Waals surface area contributed by atoms with Crippen LogP contribution in [0.25, 0.3) is 0 Å². The van der Waals surface area contributed by atoms with Gasteiger partial charge in [-0.25, -0.2) is 10.2 Å². The van der Waals surface area contributed by atoms with Crippen LogP contribution in [0.1, 0.15) is 10.4 Å². The fourth-order valence-electron chi connectivity index (χ4n) is 1.12. The van der Waals surface area contributed by atoms with Gasteiger partial charge in [0.05, 0.1) is 11.3 Å². The number of hydrazine groups is 1. The molecular formula is C8H7N3O2. The Labute approximate surface area is 74.1 Å². The van der Waals surface area contributed by atoms with E-state index in [0.717, 1.165) is 0 Å². The van der Waals surface area contributed by atoms with E-state index in [0.29, 0.717) is 11.3 Å². The second-order valence-corrected chi connectivity index (χ2v) is 2.58. The molecule has 66 valence electrons. The monoisotopic (exact) mass is 177 g/mol. The Morgan fingerprint density at radius 3 is 2.62 bits per heavy atom. The van der Waals surface area contributed by atoms with E-state index in [-0.39, 0.29) is 5.91 Å². The van der Waals surface area contributed by atoms with Crippen LogP contribution in [0.15, 0.2) is 24.3 Å². The first-order valence-electron chi connectivity index (χ1n) is 3.74. The number of hydrogen-bond acceptors (Lipinski definition) is 2. The lowest BCUT2D eigenvalue weighted by Gasteiger charge is -2.01. The lowest BCUT2D eigenvalue weighted by Crippen LogP contribution is -2.40. The summed E-state index contributed by atoms with van der Waals surface area (Å²) in [5.74, 6) is -0.325. The van der Waals surface area contributed by atoms with Gasteiger partial charge in [-0.05, 0) is 12.1 Å². The van der Waals surface area contributed by atoms with Gasteiger partial charge >= 0.3 is 6.03 Å². The Hall–Kier alpha value is -2.04. The average Bonchev–Trinajstić information content (AvgIpc) is 2.27. The maximum atomic E-state index is 11.3. The number of fused-ring (bicyclic) bond motifs is 1. The molecule has 0 unspecified atom stereocenters. The molecule has 3 amide bonds. The molecule has 0 aliphatic carbocycles. The molecule has 2 rings (SSSR count). The lowest BCUT2D eigenvalue weighted by atomic mass is 10.2. The fourth-order valence-corrected chi connectivity index (χ4v) is 1.12. The molecule has 0 bridgehead atoms. The quantitative estimate of drug-likeness (QED) is 0.539. The molecule has 0 saturated heterocycles. The van der Waals surface area contributed by atoms with Crippen molar-refractivity contribution >= 4 is 17.6 Å². The van der Waals surface area contributed by atoms with Gasteiger partial charge in [-0.15, -0.1) is 0 Å². The number of carbonyl (C=O) groups is 2. The van der Waals surface area contributed by atoms with E-state index in [1.165, 1.54) is 0 Å². The summed E-state index contributed by atoms with van der Waals surface area (Å²) in [7, 11) is 0. The summed E-state index contributed by atoms with van der Waals surface area (Å²) < 4.78 is 0. The van der Waals surface area contributed by atoms with E-state index in [1.54, 1.807) is 24.3 Å². The van der Waals surface area contributed by atoms with E-state index in [4.69, 9.17) is 0 Å². The summed E-state index contributed by atoms with van der Waals surface area (Å²) in [4.78, 5) is 22.2. The minimum absolute atomic E-state index is 0.325. The summed E-state index contributed by atoms with van der Waals surface area (Å²) in [6.45, 7) is 0. The van der Waals surface area contributed by atoms with E-state index >= 15 is 0 Å². The van der Waals surface area contributed by atoms with Gasteiger partial charge in [-0.3, -0.25) is 10.2 Å². The highest BCUT2D eigenvalue weighted by atomic mass is 16.2. The highest BCUT2D eigenvalue weighted by molar-refractivity contribution is 6.06. The molecule has 1 heterocycles. The van der Waals surface area contributed by atoms with Crippen molar-refractivity contribution in [3.05, 3.63) is 29.8 Å². The van der Waals surface area contributed by atoms with E-state index in [1.807, 2.05) is 0 Å². The number of hydrogen-bond donors (Lipinski definition) is 3. The molecule has 0 fully saturated rings. The summed E-state index contributed by atoms with van der Waals surface area (Å²) in [6, 6.07) is 6.34. The van der Waals surface area contributed by atoms with Gasteiger partial charge < -0.3 is 5.32 Å². The first-order chi connectivity index (χ1) is 6.27. The number of para-hydroxylation sites is 1. The molecule has 1 aromatic carbocycles. The third-order valence-corrected chi connectivity index (χ3v) is 1.71. The Morgan fingerprint density at radius 1 is 1.00 bits per heavy atom. The molecule has 1 aliphatic heterocycles. The summed E-state index contributed by atoms with van der Waals surface area (Å²) in [5.41, 5.74) is 5.40. The van der Waals surface area contributed by atoms with Crippen molar-refractivity contribution < 1.29 is 9.59 Å². The number of amides is 3. The number of urea groups is 1. The van der Waals surface area contributed by atoms with E-state index in [9.17, 15) is 9.59 Å². The second-order valence-electron chi connectivity index (χ2n) is 2.58. The Balaban J connectivity index is 2.49. The largest absolute Gasteiger partial charge is 0.337 e. The molecule has 1 aromatic rings. The van der Waals surface area contributed by atoms with E-state index < -0.39 is 6.03 Å². The second kappa shape index (κ2) is 2.78. The molecular weight excluding hydrogens is 170 g/mol. The molecule has 13 heavy (non-hydrogen) atoms. The van der Waals surface area contributed by atoms with Crippen LogP contribution in [0.3, 0.4) is 0 Å². The zero-order valence-corrected chi connectivity index (χ0v) is 6.63. The van der Waals surface area contributed by atoms with Gasteiger partial charge in [0.15, 0.2) is 0 Å². The van der Waals surface area contributed by atoms with Gasteiger partial charge in [0.25, 0.3) is 5.91 Å². The van der Waals surface area contributed by atoms with Crippen LogP contribution in [-0.4, -0.2) is 11.9 Å². The van der Waals surface area contributed by atoms with Crippen molar-refractivity contribution in [3.63, 3.8) is 0 Å². The van der Waals surface area contributed by atoms with E-state index in [2.05, 4.69) is 16.2 Å². The molecule has 0 spiro atoms. The summed E-state index contributed by atoms with van der Waals surface area (Å²) in [6.07, 6.45) is 0. The summed E-state index contributed by atoms with van der Waals surface area (Å²) in [5, 5.41) is 2.52. The van der Waals surface area contributed by atoms with Gasteiger partial charge in [-0.1, -0.05) is 12.1 Å². The normalized spacial score (nSPS) is 14.8. The molecule has 5 heteroatoms. The molecule has 0 saturated carbocycles. The Morgan fingerprint density at radius 2 is 1.77 bits per heavy atom. The van der Waals surface area contributed by atoms with Crippen LogP contribution in [0.5, 0.6) is 0 Å². The van der Waals surface area contributed by atoms with Crippen LogP contribution in [0.4, 0.5) is 10.5 Å². The van der Waals surface area contributed by atoms with Gasteiger partial charge in [0, 0.05) is 0 Å². The van der Waals surface area contributed by atoms with Crippen molar-refractivity contribution in [2.24, 2.45) is 0 Å². The zero-order valence-electron chi connectivity index (χ0n) is 6.63. The third-order valence-electron chi connectivity index (χ3n) is 1.71. The molecule has 1 aliphatic rings. The fraction of sp³-hybridized carbons (Fsp3) is 0. The maximum Gasteiger partial charge on any atom is 0.337 e. The molecule has 3 N–H and O–H groups in total. The van der Waals surface area contributed by atoms with Crippen LogP contribution in [0.2, 0.25) is 0 Å². The number of carbonyl (C=O) groups excluding carboxylic acids is 2. The third kappa shape index (κ3) is 1.31. The van der Waals surface area contributed by atoms with Crippen molar-refractivity contribution in [2.45, 2.75) is 0 Å². The van der Waals surface area contributed by atoms with Crippen molar-refractivity contribution in [3.8, 4) is 0 Å². The van der Waals surface area contributed by atoms with Crippen molar-refractivity contribution in [1.82, 2.24) is 10.9 Å². The SMILES string of the molecule is O=C1NNC(=O)c2ccccc2N1. The predicted molar refractivity (Wildman–Crippen MR) is 46.1 cm³/mol. The van der Waals surface area contributed by atoms with Crippen LogP contribution in [0, 0.1) is 0 Å². The first-order valence-corrected chi connectivity index (χ1v) is 3.74. The minimum Gasteiger partial charge on any atom is -0.306 e. The first kappa shape index (κ1) is 7.60. The minimum atomic E-state index is -0.446. The smallest absolute Gasteiger partial charge is 0.306 e. The Bertz CT molecular complexity index is 375. The topological polar surface area (TPSA) is 70.2 Å². The number of rotatable bonds is 0. The molecule has 0 radical (unpaired) electrons. The highest BCUT2D eigenvalue weighted by Crippen LogP contribution is 2.15. The zero-order chi connectivity index (χ0) is 9.26. The van der Waals surface area contributed by atoms with Crippen molar-refractivity contribution in [2.75, 3.05) is 5.32 Å². The molecule has 5 nitrogen and oxygen atoms in total. The predicted octanol–water partition coefficient (Wildman–Crippen LogP) is 0.467. The molecule has 0 atom stereocenters. The van der Waals surface area contributed by atoms with Gasteiger partial charge in [0.1, 0.15) is 0 Å². The molecule has 0 aromatic heterocycles. The van der Waals surface area contributed by atoms with Crippen LogP contribution in [-0.2, 0) is 0 Å². The van der Waals surface area contributed by atoms with Crippen LogP contribution >= 0.6 is 0 Å². The van der Waals surface area contributed by atoms with Gasteiger partial charge in [0.2, 0.25) is 0 Å². The Kier molecular flexibility index (Phi) is 1.63. The highest BCUT2D eigenvalue weighted by Gasteiger charge is 2.16. The van der Waals surface area contributed by atoms with Gasteiger partial charge in [-0.2, -0.15) is 0 Å². The standard InChI is InChI=1S/C8H7N3O2/c12-7-5-3-1-2-4-6(5)9-8(13)11-10-7/h1-4H,(H,10,12)(H2,9,11,13). The lowest BCUT2D eigenvalue weighted by molar-refractivity contribution is 0.0941.